The molecule has 3 aromatic carbocycles. The molecule has 7 nitrogen and oxygen atoms in total. The van der Waals surface area contributed by atoms with Crippen molar-refractivity contribution in [3.8, 4) is 11.5 Å². The molecule has 37 heavy (non-hydrogen) atoms. The van der Waals surface area contributed by atoms with Crippen LogP contribution in [-0.4, -0.2) is 51.0 Å². The molecule has 1 saturated heterocycles. The molecule has 1 N–H and O–H groups in total. The van der Waals surface area contributed by atoms with Crippen LogP contribution in [-0.2, 0) is 20.1 Å². The van der Waals surface area contributed by atoms with Crippen molar-refractivity contribution in [2.75, 3.05) is 26.3 Å². The van der Waals surface area contributed by atoms with Crippen molar-refractivity contribution in [3.05, 3.63) is 94.4 Å². The van der Waals surface area contributed by atoms with E-state index in [-0.39, 0.29) is 5.69 Å². The standard InChI is InChI=1S/C30H35N3O4/c1-23-7-11-26(12-8-23)37-22-30(35)15-17-32(18-16-30)21-24-9-13-25(14-10-24)36-20-19-33-28-6-4-3-5-27(28)31(2)29(33)34/h3-14,35H,15-22H2,1-2H3. The molecule has 5 rings (SSSR count). The van der Waals surface area contributed by atoms with Crippen molar-refractivity contribution < 1.29 is 14.6 Å². The third kappa shape index (κ3) is 5.89. The zero-order chi connectivity index (χ0) is 25.8. The van der Waals surface area contributed by atoms with Gasteiger partial charge in [-0.1, -0.05) is 42.0 Å². The molecular formula is C30H35N3O4. The maximum Gasteiger partial charge on any atom is 0.328 e. The van der Waals surface area contributed by atoms with E-state index in [4.69, 9.17) is 9.47 Å². The number of aromatic nitrogens is 2. The maximum atomic E-state index is 12.6. The molecule has 0 saturated carbocycles. The number of aliphatic hydroxyl groups is 1. The quantitative estimate of drug-likeness (QED) is 0.374. The first kappa shape index (κ1) is 25.1. The number of imidazole rings is 1. The Labute approximate surface area is 217 Å². The smallest absolute Gasteiger partial charge is 0.328 e. The molecule has 0 unspecified atom stereocenters. The summed E-state index contributed by atoms with van der Waals surface area (Å²) in [5, 5.41) is 11.0. The van der Waals surface area contributed by atoms with Gasteiger partial charge in [0.25, 0.3) is 0 Å². The van der Waals surface area contributed by atoms with Gasteiger partial charge in [-0.05, 0) is 61.7 Å². The topological polar surface area (TPSA) is 68.9 Å². The Morgan fingerprint density at radius 3 is 2.19 bits per heavy atom. The molecule has 4 aromatic rings. The van der Waals surface area contributed by atoms with Crippen LogP contribution < -0.4 is 15.2 Å². The third-order valence-electron chi connectivity index (χ3n) is 7.28. The first-order valence-corrected chi connectivity index (χ1v) is 12.9. The van der Waals surface area contributed by atoms with Crippen molar-refractivity contribution in [2.45, 2.75) is 38.5 Å². The highest BCUT2D eigenvalue weighted by Gasteiger charge is 2.33. The second-order valence-corrected chi connectivity index (χ2v) is 10.1. The Balaban J connectivity index is 1.08. The summed E-state index contributed by atoms with van der Waals surface area (Å²) in [5.74, 6) is 1.59. The van der Waals surface area contributed by atoms with Crippen LogP contribution in [0.3, 0.4) is 0 Å². The number of likely N-dealkylation sites (tertiary alicyclic amines) is 1. The Morgan fingerprint density at radius 2 is 1.49 bits per heavy atom. The molecule has 0 bridgehead atoms. The van der Waals surface area contributed by atoms with E-state index in [0.29, 0.717) is 32.6 Å². The number of piperidine rings is 1. The lowest BCUT2D eigenvalue weighted by Crippen LogP contribution is -2.47. The molecule has 7 heteroatoms. The lowest BCUT2D eigenvalue weighted by Gasteiger charge is -2.38. The maximum absolute atomic E-state index is 12.6. The van der Waals surface area contributed by atoms with Crippen LogP contribution in [0.5, 0.6) is 11.5 Å². The van der Waals surface area contributed by atoms with Crippen LogP contribution >= 0.6 is 0 Å². The van der Waals surface area contributed by atoms with E-state index in [1.165, 1.54) is 11.1 Å². The largest absolute Gasteiger partial charge is 0.492 e. The van der Waals surface area contributed by atoms with Gasteiger partial charge in [-0.15, -0.1) is 0 Å². The lowest BCUT2D eigenvalue weighted by molar-refractivity contribution is -0.0537. The number of benzene rings is 3. The summed E-state index contributed by atoms with van der Waals surface area (Å²) in [7, 11) is 1.79. The Bertz CT molecular complexity index is 1380. The Hall–Kier alpha value is -3.55. The summed E-state index contributed by atoms with van der Waals surface area (Å²) >= 11 is 0. The van der Waals surface area contributed by atoms with Crippen LogP contribution in [0.15, 0.2) is 77.6 Å². The minimum absolute atomic E-state index is 0.0321. The van der Waals surface area contributed by atoms with E-state index in [0.717, 1.165) is 42.2 Å². The van der Waals surface area contributed by atoms with Gasteiger partial charge in [0.05, 0.1) is 17.6 Å². The average molecular weight is 502 g/mol. The zero-order valence-electron chi connectivity index (χ0n) is 21.6. The van der Waals surface area contributed by atoms with Crippen molar-refractivity contribution in [1.29, 1.82) is 0 Å². The molecule has 0 radical (unpaired) electrons. The molecule has 0 amide bonds. The predicted octanol–water partition coefficient (Wildman–Crippen LogP) is 4.13. The number of para-hydroxylation sites is 2. The number of aryl methyl sites for hydroxylation is 2. The zero-order valence-corrected chi connectivity index (χ0v) is 21.6. The van der Waals surface area contributed by atoms with Crippen molar-refractivity contribution in [1.82, 2.24) is 14.0 Å². The van der Waals surface area contributed by atoms with Gasteiger partial charge in [0, 0.05) is 26.7 Å². The van der Waals surface area contributed by atoms with Gasteiger partial charge < -0.3 is 14.6 Å². The SMILES string of the molecule is Cc1ccc(OCC2(O)CCN(Cc3ccc(OCCn4c(=O)n(C)c5ccccc54)cc3)CC2)cc1. The van der Waals surface area contributed by atoms with E-state index in [1.54, 1.807) is 16.2 Å². The van der Waals surface area contributed by atoms with Gasteiger partial charge in [-0.3, -0.25) is 14.0 Å². The first-order chi connectivity index (χ1) is 17.9. The van der Waals surface area contributed by atoms with E-state index < -0.39 is 5.60 Å². The predicted molar refractivity (Wildman–Crippen MR) is 145 cm³/mol. The average Bonchev–Trinajstić information content (AvgIpc) is 3.16. The van der Waals surface area contributed by atoms with E-state index in [1.807, 2.05) is 67.6 Å². The van der Waals surface area contributed by atoms with Gasteiger partial charge in [0.1, 0.15) is 30.3 Å². The monoisotopic (exact) mass is 501 g/mol. The summed E-state index contributed by atoms with van der Waals surface area (Å²) in [4.78, 5) is 14.9. The number of fused-ring (bicyclic) bond motifs is 1. The summed E-state index contributed by atoms with van der Waals surface area (Å²) in [6.45, 7) is 5.76. The fraction of sp³-hybridized carbons (Fsp3) is 0.367. The lowest BCUT2D eigenvalue weighted by atomic mass is 9.92. The van der Waals surface area contributed by atoms with Gasteiger partial charge >= 0.3 is 5.69 Å². The van der Waals surface area contributed by atoms with Gasteiger partial charge in [-0.25, -0.2) is 4.79 Å². The summed E-state index contributed by atoms with van der Waals surface area (Å²) in [6, 6.07) is 23.9. The molecule has 1 aliphatic heterocycles. The van der Waals surface area contributed by atoms with Crippen molar-refractivity contribution >= 4 is 11.0 Å². The highest BCUT2D eigenvalue weighted by molar-refractivity contribution is 5.75. The van der Waals surface area contributed by atoms with Gasteiger partial charge in [0.15, 0.2) is 0 Å². The van der Waals surface area contributed by atoms with E-state index in [2.05, 4.69) is 17.0 Å². The summed E-state index contributed by atoms with van der Waals surface area (Å²) in [5.41, 5.74) is 3.42. The fourth-order valence-electron chi connectivity index (χ4n) is 4.91. The minimum atomic E-state index is -0.787. The number of rotatable bonds is 9. The van der Waals surface area contributed by atoms with Gasteiger partial charge in [-0.2, -0.15) is 0 Å². The molecule has 2 heterocycles. The second-order valence-electron chi connectivity index (χ2n) is 10.1. The molecule has 0 atom stereocenters. The fourth-order valence-corrected chi connectivity index (χ4v) is 4.91. The first-order valence-electron chi connectivity index (χ1n) is 12.9. The number of hydrogen-bond donors (Lipinski definition) is 1. The van der Waals surface area contributed by atoms with E-state index in [9.17, 15) is 9.90 Å². The molecule has 0 spiro atoms. The number of ether oxygens (including phenoxy) is 2. The summed E-state index contributed by atoms with van der Waals surface area (Å²) < 4.78 is 15.2. The highest BCUT2D eigenvalue weighted by atomic mass is 16.5. The van der Waals surface area contributed by atoms with Crippen LogP contribution in [0.1, 0.15) is 24.0 Å². The van der Waals surface area contributed by atoms with Gasteiger partial charge in [0.2, 0.25) is 0 Å². The highest BCUT2D eigenvalue weighted by Crippen LogP contribution is 2.25. The molecule has 1 aliphatic rings. The van der Waals surface area contributed by atoms with E-state index >= 15 is 0 Å². The second kappa shape index (κ2) is 10.8. The van der Waals surface area contributed by atoms with Crippen molar-refractivity contribution in [3.63, 3.8) is 0 Å². The number of hydrogen-bond acceptors (Lipinski definition) is 5. The Kier molecular flexibility index (Phi) is 7.35. The number of nitrogens with zero attached hydrogens (tertiary/aromatic N) is 3. The molecule has 0 aliphatic carbocycles. The molecule has 1 aromatic heterocycles. The van der Waals surface area contributed by atoms with Crippen LogP contribution in [0, 0.1) is 6.92 Å². The van der Waals surface area contributed by atoms with Crippen LogP contribution in [0.4, 0.5) is 0 Å². The molecule has 1 fully saturated rings. The van der Waals surface area contributed by atoms with Crippen molar-refractivity contribution in [2.24, 2.45) is 7.05 Å². The van der Waals surface area contributed by atoms with Crippen LogP contribution in [0.25, 0.3) is 11.0 Å². The molecule has 194 valence electrons. The third-order valence-corrected chi connectivity index (χ3v) is 7.28. The normalized spacial score (nSPS) is 15.6. The summed E-state index contributed by atoms with van der Waals surface area (Å²) in [6.07, 6.45) is 1.38. The Morgan fingerprint density at radius 1 is 0.865 bits per heavy atom. The molecular weight excluding hydrogens is 466 g/mol. The van der Waals surface area contributed by atoms with Crippen LogP contribution in [0.2, 0.25) is 0 Å². The minimum Gasteiger partial charge on any atom is -0.492 e.